The summed E-state index contributed by atoms with van der Waals surface area (Å²) in [6, 6.07) is 16.3. The van der Waals surface area contributed by atoms with Gasteiger partial charge in [0.25, 0.3) is 11.8 Å². The molecule has 0 unspecified atom stereocenters. The number of rotatable bonds is 4. The molecule has 0 saturated heterocycles. The number of halogens is 2. The Morgan fingerprint density at radius 3 is 2.66 bits per heavy atom. The van der Waals surface area contributed by atoms with Gasteiger partial charge < -0.3 is 15.0 Å². The van der Waals surface area contributed by atoms with E-state index in [0.29, 0.717) is 22.7 Å². The van der Waals surface area contributed by atoms with Crippen molar-refractivity contribution in [3.8, 4) is 5.75 Å². The molecule has 3 aromatic rings. The van der Waals surface area contributed by atoms with Gasteiger partial charge in [0.2, 0.25) is 0 Å². The summed E-state index contributed by atoms with van der Waals surface area (Å²) >= 11 is 0. The van der Waals surface area contributed by atoms with Gasteiger partial charge in [-0.1, -0.05) is 24.3 Å². The number of carbonyl (C=O) groups is 2. The Labute approximate surface area is 165 Å². The third-order valence-electron chi connectivity index (χ3n) is 4.53. The minimum absolute atomic E-state index is 0.0309. The number of benzene rings is 3. The number of nitrogens with one attached hydrogen (secondary N) is 1. The van der Waals surface area contributed by atoms with E-state index in [1.54, 1.807) is 36.4 Å². The summed E-state index contributed by atoms with van der Waals surface area (Å²) in [6.07, 6.45) is 0. The quantitative estimate of drug-likeness (QED) is 0.724. The van der Waals surface area contributed by atoms with Crippen molar-refractivity contribution in [1.82, 2.24) is 0 Å². The molecule has 0 spiro atoms. The van der Waals surface area contributed by atoms with Crippen LogP contribution in [-0.2, 0) is 11.3 Å². The highest BCUT2D eigenvalue weighted by molar-refractivity contribution is 6.05. The molecule has 7 heteroatoms. The van der Waals surface area contributed by atoms with Gasteiger partial charge in [0.05, 0.1) is 12.2 Å². The third-order valence-corrected chi connectivity index (χ3v) is 4.53. The molecule has 29 heavy (non-hydrogen) atoms. The smallest absolute Gasteiger partial charge is 0.265 e. The molecule has 0 saturated carbocycles. The Morgan fingerprint density at radius 2 is 1.86 bits per heavy atom. The fourth-order valence-corrected chi connectivity index (χ4v) is 3.08. The predicted octanol–water partition coefficient (Wildman–Crippen LogP) is 4.14. The van der Waals surface area contributed by atoms with E-state index >= 15 is 0 Å². The Morgan fingerprint density at radius 1 is 1.03 bits per heavy atom. The molecule has 0 aromatic heterocycles. The van der Waals surface area contributed by atoms with Gasteiger partial charge in [0, 0.05) is 16.8 Å². The molecule has 4 rings (SSSR count). The van der Waals surface area contributed by atoms with Crippen molar-refractivity contribution in [2.75, 3.05) is 16.8 Å². The van der Waals surface area contributed by atoms with Crippen molar-refractivity contribution in [2.45, 2.75) is 6.54 Å². The molecule has 0 bridgehead atoms. The van der Waals surface area contributed by atoms with Crippen molar-refractivity contribution >= 4 is 23.2 Å². The summed E-state index contributed by atoms with van der Waals surface area (Å²) < 4.78 is 32.9. The Bertz CT molecular complexity index is 1100. The van der Waals surface area contributed by atoms with E-state index in [-0.39, 0.29) is 24.6 Å². The molecule has 2 amide bonds. The molecule has 1 N–H and O–H groups in total. The van der Waals surface area contributed by atoms with Gasteiger partial charge in [0.1, 0.15) is 17.4 Å². The minimum Gasteiger partial charge on any atom is -0.482 e. The zero-order valence-electron chi connectivity index (χ0n) is 15.2. The van der Waals surface area contributed by atoms with Gasteiger partial charge in [-0.3, -0.25) is 9.59 Å². The van der Waals surface area contributed by atoms with Crippen molar-refractivity contribution in [3.05, 3.63) is 89.5 Å². The number of carbonyl (C=O) groups excluding carboxylic acids is 2. The average Bonchev–Trinajstić information content (AvgIpc) is 2.71. The third kappa shape index (κ3) is 3.94. The van der Waals surface area contributed by atoms with Gasteiger partial charge in [-0.2, -0.15) is 0 Å². The van der Waals surface area contributed by atoms with Crippen molar-refractivity contribution in [3.63, 3.8) is 0 Å². The summed E-state index contributed by atoms with van der Waals surface area (Å²) in [7, 11) is 0. The summed E-state index contributed by atoms with van der Waals surface area (Å²) in [5.41, 5.74) is 1.34. The van der Waals surface area contributed by atoms with Crippen molar-refractivity contribution in [2.24, 2.45) is 0 Å². The van der Waals surface area contributed by atoms with Crippen LogP contribution in [0.25, 0.3) is 0 Å². The normalized spacial score (nSPS) is 12.9. The molecule has 146 valence electrons. The number of ether oxygens (including phenoxy) is 1. The van der Waals surface area contributed by atoms with Crippen LogP contribution in [0.15, 0.2) is 66.7 Å². The second-order valence-corrected chi connectivity index (χ2v) is 6.51. The summed E-state index contributed by atoms with van der Waals surface area (Å²) in [5.74, 6) is -1.30. The first-order valence-electron chi connectivity index (χ1n) is 8.89. The molecular weight excluding hydrogens is 378 g/mol. The van der Waals surface area contributed by atoms with Crippen molar-refractivity contribution < 1.29 is 23.1 Å². The second kappa shape index (κ2) is 7.71. The lowest BCUT2D eigenvalue weighted by molar-refractivity contribution is -0.121. The van der Waals surface area contributed by atoms with Crippen LogP contribution in [0, 0.1) is 11.6 Å². The van der Waals surface area contributed by atoms with Crippen LogP contribution < -0.4 is 15.0 Å². The lowest BCUT2D eigenvalue weighted by Gasteiger charge is -2.30. The molecule has 1 heterocycles. The van der Waals surface area contributed by atoms with E-state index < -0.39 is 17.5 Å². The minimum atomic E-state index is -0.516. The van der Waals surface area contributed by atoms with Crippen LogP contribution in [0.2, 0.25) is 0 Å². The van der Waals surface area contributed by atoms with Crippen LogP contribution >= 0.6 is 0 Å². The summed E-state index contributed by atoms with van der Waals surface area (Å²) in [4.78, 5) is 26.2. The first kappa shape index (κ1) is 18.6. The molecule has 1 aliphatic heterocycles. The van der Waals surface area contributed by atoms with Gasteiger partial charge in [-0.15, -0.1) is 0 Å². The Hall–Kier alpha value is -3.74. The van der Waals surface area contributed by atoms with E-state index in [2.05, 4.69) is 5.32 Å². The zero-order chi connectivity index (χ0) is 20.4. The molecule has 0 atom stereocenters. The number of amides is 2. The Balaban J connectivity index is 1.62. The molecule has 0 radical (unpaired) electrons. The number of nitrogens with zero attached hydrogens (tertiary/aromatic N) is 1. The lowest BCUT2D eigenvalue weighted by Crippen LogP contribution is -2.38. The number of anilines is 2. The van der Waals surface area contributed by atoms with Crippen LogP contribution in [0.3, 0.4) is 0 Å². The topological polar surface area (TPSA) is 58.6 Å². The second-order valence-electron chi connectivity index (χ2n) is 6.51. The SMILES string of the molecule is O=C(Nc1ccc2c(c1)N(Cc1ccccc1F)C(=O)CO2)c1cccc(F)c1. The summed E-state index contributed by atoms with van der Waals surface area (Å²) in [5, 5.41) is 2.67. The van der Waals surface area contributed by atoms with Crippen molar-refractivity contribution in [1.29, 1.82) is 0 Å². The first-order chi connectivity index (χ1) is 14.0. The first-order valence-corrected chi connectivity index (χ1v) is 8.89. The zero-order valence-corrected chi connectivity index (χ0v) is 15.2. The van der Waals surface area contributed by atoms with Crippen LogP contribution in [-0.4, -0.2) is 18.4 Å². The maximum absolute atomic E-state index is 14.1. The fourth-order valence-electron chi connectivity index (χ4n) is 3.08. The Kier molecular flexibility index (Phi) is 4.95. The standard InChI is InChI=1S/C22H16F2N2O3/c23-16-6-3-5-14(10-16)22(28)25-17-8-9-20-19(11-17)26(21(27)13-29-20)12-15-4-1-2-7-18(15)24/h1-11H,12-13H2,(H,25,28). The maximum Gasteiger partial charge on any atom is 0.265 e. The van der Waals surface area contributed by atoms with E-state index in [4.69, 9.17) is 4.74 Å². The van der Waals surface area contributed by atoms with E-state index in [0.717, 1.165) is 6.07 Å². The number of hydrogen-bond acceptors (Lipinski definition) is 3. The highest BCUT2D eigenvalue weighted by atomic mass is 19.1. The van der Waals surface area contributed by atoms with Gasteiger partial charge in [-0.05, 0) is 42.5 Å². The van der Waals surface area contributed by atoms with Gasteiger partial charge >= 0.3 is 0 Å². The molecule has 3 aromatic carbocycles. The van der Waals surface area contributed by atoms with Crippen LogP contribution in [0.5, 0.6) is 5.75 Å². The molecule has 1 aliphatic rings. The lowest BCUT2D eigenvalue weighted by atomic mass is 10.1. The summed E-state index contributed by atoms with van der Waals surface area (Å²) in [6.45, 7) is -0.125. The van der Waals surface area contributed by atoms with Crippen LogP contribution in [0.1, 0.15) is 15.9 Å². The van der Waals surface area contributed by atoms with E-state index in [1.807, 2.05) is 0 Å². The highest BCUT2D eigenvalue weighted by Gasteiger charge is 2.27. The van der Waals surface area contributed by atoms with Gasteiger partial charge in [0.15, 0.2) is 6.61 Å². The monoisotopic (exact) mass is 394 g/mol. The molecular formula is C22H16F2N2O3. The van der Waals surface area contributed by atoms with E-state index in [1.165, 1.54) is 29.2 Å². The van der Waals surface area contributed by atoms with E-state index in [9.17, 15) is 18.4 Å². The number of fused-ring (bicyclic) bond motifs is 1. The number of hydrogen-bond donors (Lipinski definition) is 1. The van der Waals surface area contributed by atoms with Gasteiger partial charge in [-0.25, -0.2) is 8.78 Å². The molecule has 0 fully saturated rings. The highest BCUT2D eigenvalue weighted by Crippen LogP contribution is 2.35. The fraction of sp³-hybridized carbons (Fsp3) is 0.0909. The average molecular weight is 394 g/mol. The maximum atomic E-state index is 14.1. The molecule has 5 nitrogen and oxygen atoms in total. The predicted molar refractivity (Wildman–Crippen MR) is 104 cm³/mol. The largest absolute Gasteiger partial charge is 0.482 e. The molecule has 0 aliphatic carbocycles. The van der Waals surface area contributed by atoms with Crippen LogP contribution in [0.4, 0.5) is 20.2 Å².